The molecule has 17 heavy (non-hydrogen) atoms. The zero-order chi connectivity index (χ0) is 12.8. The molecule has 0 aromatic heterocycles. The topological polar surface area (TPSA) is 50.7 Å². The third-order valence-corrected chi connectivity index (χ3v) is 2.65. The highest BCUT2D eigenvalue weighted by molar-refractivity contribution is 9.10. The Balaban J connectivity index is 2.93. The summed E-state index contributed by atoms with van der Waals surface area (Å²) < 4.78 is 6.52. The number of carbonyl (C=O) groups excluding carboxylic acids is 1. The van der Waals surface area contributed by atoms with Gasteiger partial charge in [-0.25, -0.2) is 0 Å². The summed E-state index contributed by atoms with van der Waals surface area (Å²) in [5, 5.41) is 2.54. The fourth-order valence-corrected chi connectivity index (χ4v) is 1.69. The molecule has 0 heterocycles. The van der Waals surface area contributed by atoms with Crippen molar-refractivity contribution in [2.45, 2.75) is 13.0 Å². The molecule has 0 aliphatic heterocycles. The molecule has 92 valence electrons. The number of hydrogen-bond donors (Lipinski definition) is 1. The molecule has 5 heteroatoms. The van der Waals surface area contributed by atoms with Crippen molar-refractivity contribution >= 4 is 28.1 Å². The molecule has 1 aromatic rings. The van der Waals surface area contributed by atoms with Crippen LogP contribution < -0.4 is 10.1 Å². The van der Waals surface area contributed by atoms with E-state index in [9.17, 15) is 4.79 Å². The van der Waals surface area contributed by atoms with Crippen molar-refractivity contribution in [3.63, 3.8) is 0 Å². The van der Waals surface area contributed by atoms with Crippen LogP contribution in [0.3, 0.4) is 0 Å². The summed E-state index contributed by atoms with van der Waals surface area (Å²) in [4.78, 5) is 15.3. The molecule has 1 unspecified atom stereocenters. The van der Waals surface area contributed by atoms with Crippen LogP contribution in [0.1, 0.15) is 12.5 Å². The minimum atomic E-state index is -0.537. The highest BCUT2D eigenvalue weighted by atomic mass is 79.9. The third-order valence-electron chi connectivity index (χ3n) is 2.16. The molecule has 0 aliphatic carbocycles. The number of halogens is 1. The van der Waals surface area contributed by atoms with Gasteiger partial charge in [0.2, 0.25) is 0 Å². The number of amides is 1. The van der Waals surface area contributed by atoms with E-state index in [0.717, 1.165) is 10.0 Å². The van der Waals surface area contributed by atoms with Gasteiger partial charge in [0.05, 0.1) is 0 Å². The lowest BCUT2D eigenvalue weighted by molar-refractivity contribution is -0.126. The zero-order valence-electron chi connectivity index (χ0n) is 10.0. The second kappa shape index (κ2) is 6.39. The van der Waals surface area contributed by atoms with E-state index < -0.39 is 6.10 Å². The van der Waals surface area contributed by atoms with E-state index in [1.807, 2.05) is 12.1 Å². The van der Waals surface area contributed by atoms with Crippen molar-refractivity contribution in [2.75, 3.05) is 14.1 Å². The van der Waals surface area contributed by atoms with Gasteiger partial charge in [-0.3, -0.25) is 9.79 Å². The predicted octanol–water partition coefficient (Wildman–Crippen LogP) is 2.01. The third kappa shape index (κ3) is 3.85. The normalized spacial score (nSPS) is 12.5. The summed E-state index contributed by atoms with van der Waals surface area (Å²) in [7, 11) is 3.27. The van der Waals surface area contributed by atoms with Crippen LogP contribution in [-0.4, -0.2) is 32.3 Å². The molecular weight excluding hydrogens is 284 g/mol. The number of rotatable bonds is 4. The maximum absolute atomic E-state index is 11.4. The minimum Gasteiger partial charge on any atom is -0.480 e. The van der Waals surface area contributed by atoms with E-state index in [4.69, 9.17) is 4.74 Å². The first-order chi connectivity index (χ1) is 8.08. The van der Waals surface area contributed by atoms with Gasteiger partial charge in [0.1, 0.15) is 5.75 Å². The van der Waals surface area contributed by atoms with E-state index >= 15 is 0 Å². The molecule has 4 nitrogen and oxygen atoms in total. The smallest absolute Gasteiger partial charge is 0.260 e. The maximum Gasteiger partial charge on any atom is 0.260 e. The van der Waals surface area contributed by atoms with Crippen molar-refractivity contribution in [3.05, 3.63) is 28.2 Å². The van der Waals surface area contributed by atoms with Gasteiger partial charge in [-0.15, -0.1) is 0 Å². The molecule has 0 aliphatic rings. The van der Waals surface area contributed by atoms with Crippen molar-refractivity contribution in [1.82, 2.24) is 5.32 Å². The number of nitrogens with zero attached hydrogens (tertiary/aromatic N) is 1. The standard InChI is InChI=1S/C12H15BrN2O2/c1-8(12(16)15-3)17-11-5-4-10(13)6-9(11)7-14-2/h4-8H,1-3H3,(H,15,16). The lowest BCUT2D eigenvalue weighted by Crippen LogP contribution is -2.33. The lowest BCUT2D eigenvalue weighted by atomic mass is 10.2. The van der Waals surface area contributed by atoms with E-state index in [1.54, 1.807) is 33.3 Å². The molecule has 1 amide bonds. The van der Waals surface area contributed by atoms with Gasteiger partial charge < -0.3 is 10.1 Å². The van der Waals surface area contributed by atoms with Gasteiger partial charge >= 0.3 is 0 Å². The fraction of sp³-hybridized carbons (Fsp3) is 0.333. The molecule has 1 aromatic carbocycles. The quantitative estimate of drug-likeness (QED) is 0.865. The Kier molecular flexibility index (Phi) is 5.15. The molecule has 1 rings (SSSR count). The van der Waals surface area contributed by atoms with Crippen LogP contribution in [0, 0.1) is 0 Å². The van der Waals surface area contributed by atoms with Gasteiger partial charge in [0, 0.05) is 30.3 Å². The van der Waals surface area contributed by atoms with Crippen molar-refractivity contribution in [2.24, 2.45) is 4.99 Å². The van der Waals surface area contributed by atoms with Crippen LogP contribution >= 0.6 is 15.9 Å². The number of carbonyl (C=O) groups is 1. The monoisotopic (exact) mass is 298 g/mol. The Bertz CT molecular complexity index is 433. The molecular formula is C12H15BrN2O2. The van der Waals surface area contributed by atoms with Gasteiger partial charge in [0.25, 0.3) is 5.91 Å². The summed E-state index contributed by atoms with van der Waals surface area (Å²) in [6.45, 7) is 1.70. The second-order valence-electron chi connectivity index (χ2n) is 3.44. The summed E-state index contributed by atoms with van der Waals surface area (Å²) in [6, 6.07) is 5.55. The first kappa shape index (κ1) is 13.7. The second-order valence-corrected chi connectivity index (χ2v) is 4.36. The van der Waals surface area contributed by atoms with Gasteiger partial charge in [-0.2, -0.15) is 0 Å². The number of hydrogen-bond acceptors (Lipinski definition) is 3. The van der Waals surface area contributed by atoms with Crippen LogP contribution in [0.5, 0.6) is 5.75 Å². The van der Waals surface area contributed by atoms with Crippen LogP contribution in [0.15, 0.2) is 27.7 Å². The van der Waals surface area contributed by atoms with E-state index in [2.05, 4.69) is 26.2 Å². The summed E-state index contributed by atoms with van der Waals surface area (Å²) >= 11 is 3.38. The van der Waals surface area contributed by atoms with Crippen molar-refractivity contribution in [3.8, 4) is 5.75 Å². The molecule has 0 radical (unpaired) electrons. The summed E-state index contributed by atoms with van der Waals surface area (Å²) in [5.41, 5.74) is 0.831. The average Bonchev–Trinajstić information content (AvgIpc) is 2.31. The zero-order valence-corrected chi connectivity index (χ0v) is 11.6. The Morgan fingerprint density at radius 2 is 2.29 bits per heavy atom. The van der Waals surface area contributed by atoms with Crippen LogP contribution in [0.2, 0.25) is 0 Å². The Morgan fingerprint density at radius 1 is 1.59 bits per heavy atom. The average molecular weight is 299 g/mol. The molecule has 0 spiro atoms. The number of benzene rings is 1. The summed E-state index contributed by atoms with van der Waals surface area (Å²) in [5.74, 6) is 0.474. The molecule has 0 fully saturated rings. The van der Waals surface area contributed by atoms with E-state index in [0.29, 0.717) is 5.75 Å². The molecule has 0 saturated heterocycles. The minimum absolute atomic E-state index is 0.160. The van der Waals surface area contributed by atoms with E-state index in [1.165, 1.54) is 0 Å². The molecule has 1 atom stereocenters. The maximum atomic E-state index is 11.4. The predicted molar refractivity (Wildman–Crippen MR) is 71.8 cm³/mol. The first-order valence-corrected chi connectivity index (χ1v) is 5.97. The Hall–Kier alpha value is -1.36. The largest absolute Gasteiger partial charge is 0.480 e. The lowest BCUT2D eigenvalue weighted by Gasteiger charge is -2.15. The van der Waals surface area contributed by atoms with Crippen LogP contribution in [-0.2, 0) is 4.79 Å². The van der Waals surface area contributed by atoms with Gasteiger partial charge in [0.15, 0.2) is 6.10 Å². The molecule has 0 bridgehead atoms. The van der Waals surface area contributed by atoms with Crippen molar-refractivity contribution < 1.29 is 9.53 Å². The SMILES string of the molecule is CN=Cc1cc(Br)ccc1OC(C)C(=O)NC. The Morgan fingerprint density at radius 3 is 2.88 bits per heavy atom. The highest BCUT2D eigenvalue weighted by Crippen LogP contribution is 2.22. The number of ether oxygens (including phenoxy) is 1. The Labute approximate surface area is 109 Å². The number of aliphatic imine (C=N–C) groups is 1. The first-order valence-electron chi connectivity index (χ1n) is 5.18. The highest BCUT2D eigenvalue weighted by Gasteiger charge is 2.14. The molecule has 1 N–H and O–H groups in total. The molecule has 0 saturated carbocycles. The van der Waals surface area contributed by atoms with Crippen LogP contribution in [0.25, 0.3) is 0 Å². The van der Waals surface area contributed by atoms with Crippen LogP contribution in [0.4, 0.5) is 0 Å². The fourth-order valence-electron chi connectivity index (χ4n) is 1.31. The summed E-state index contributed by atoms with van der Waals surface area (Å²) in [6.07, 6.45) is 1.15. The van der Waals surface area contributed by atoms with Gasteiger partial charge in [-0.05, 0) is 25.1 Å². The van der Waals surface area contributed by atoms with E-state index in [-0.39, 0.29) is 5.91 Å². The number of likely N-dealkylation sites (N-methyl/N-ethyl adjacent to an activating group) is 1. The number of nitrogens with one attached hydrogen (secondary N) is 1. The van der Waals surface area contributed by atoms with Gasteiger partial charge in [-0.1, -0.05) is 15.9 Å². The van der Waals surface area contributed by atoms with Crippen molar-refractivity contribution in [1.29, 1.82) is 0 Å².